The Labute approximate surface area is 168 Å². The van der Waals surface area contributed by atoms with Crippen LogP contribution in [0.25, 0.3) is 0 Å². The molecule has 1 heterocycles. The zero-order valence-corrected chi connectivity index (χ0v) is 17.0. The number of thiocarbonyl (C=S) groups is 1. The van der Waals surface area contributed by atoms with Gasteiger partial charge in [-0.2, -0.15) is 0 Å². The summed E-state index contributed by atoms with van der Waals surface area (Å²) in [5.41, 5.74) is 3.51. The van der Waals surface area contributed by atoms with E-state index in [-0.39, 0.29) is 16.3 Å². The van der Waals surface area contributed by atoms with Gasteiger partial charge < -0.3 is 10.2 Å². The van der Waals surface area contributed by atoms with Crippen molar-refractivity contribution in [1.29, 1.82) is 0 Å². The van der Waals surface area contributed by atoms with E-state index >= 15 is 0 Å². The molecule has 0 radical (unpaired) electrons. The highest BCUT2D eigenvalue weighted by atomic mass is 35.5. The van der Waals surface area contributed by atoms with Gasteiger partial charge in [-0.3, -0.25) is 4.79 Å². The van der Waals surface area contributed by atoms with Gasteiger partial charge in [-0.05, 0) is 35.9 Å². The summed E-state index contributed by atoms with van der Waals surface area (Å²) in [7, 11) is 2.00. The van der Waals surface area contributed by atoms with Crippen LogP contribution in [0.3, 0.4) is 0 Å². The lowest BCUT2D eigenvalue weighted by atomic mass is 9.84. The van der Waals surface area contributed by atoms with Gasteiger partial charge in [-0.1, -0.05) is 67.5 Å². The Morgan fingerprint density at radius 2 is 1.88 bits per heavy atom. The molecule has 0 saturated heterocycles. The van der Waals surface area contributed by atoms with Gasteiger partial charge >= 0.3 is 0 Å². The summed E-state index contributed by atoms with van der Waals surface area (Å²) < 4.78 is 0. The molecule has 0 spiro atoms. The van der Waals surface area contributed by atoms with Gasteiger partial charge in [0.1, 0.15) is 4.99 Å². The average molecular weight is 405 g/mol. The fourth-order valence-electron chi connectivity index (χ4n) is 3.27. The summed E-state index contributed by atoms with van der Waals surface area (Å²) in [5, 5.41) is 3.49. The Hall–Kier alpha value is -1.88. The Balaban J connectivity index is 1.84. The third kappa shape index (κ3) is 3.37. The normalized spacial score (nSPS) is 16.5. The van der Waals surface area contributed by atoms with Crippen molar-refractivity contribution in [2.24, 2.45) is 0 Å². The summed E-state index contributed by atoms with van der Waals surface area (Å²) >= 11 is 17.4. The van der Waals surface area contributed by atoms with E-state index in [9.17, 15) is 4.79 Å². The number of nitrogens with zero attached hydrogens (tertiary/aromatic N) is 1. The topological polar surface area (TPSA) is 32.3 Å². The predicted molar refractivity (Wildman–Crippen MR) is 112 cm³/mol. The lowest BCUT2D eigenvalue weighted by Gasteiger charge is -2.24. The fourth-order valence-corrected chi connectivity index (χ4v) is 3.97. The summed E-state index contributed by atoms with van der Waals surface area (Å²) in [6.07, 6.45) is 1.83. The molecule has 0 fully saturated rings. The van der Waals surface area contributed by atoms with Crippen molar-refractivity contribution in [1.82, 2.24) is 5.32 Å². The van der Waals surface area contributed by atoms with Crippen molar-refractivity contribution >= 4 is 52.0 Å². The molecule has 26 heavy (non-hydrogen) atoms. The molecule has 2 aromatic rings. The van der Waals surface area contributed by atoms with Crippen molar-refractivity contribution in [2.45, 2.75) is 19.3 Å². The first kappa shape index (κ1) is 18.9. The number of amides is 1. The van der Waals surface area contributed by atoms with Crippen LogP contribution >= 0.6 is 35.4 Å². The Morgan fingerprint density at radius 3 is 2.54 bits per heavy atom. The van der Waals surface area contributed by atoms with E-state index in [0.29, 0.717) is 15.6 Å². The van der Waals surface area contributed by atoms with E-state index in [1.165, 1.54) is 11.6 Å². The Kier molecular flexibility index (Phi) is 5.11. The van der Waals surface area contributed by atoms with Gasteiger partial charge in [0.15, 0.2) is 0 Å². The molecule has 1 amide bonds. The van der Waals surface area contributed by atoms with Crippen molar-refractivity contribution in [3.8, 4) is 0 Å². The average Bonchev–Trinajstić information content (AvgIpc) is 2.76. The van der Waals surface area contributed by atoms with Gasteiger partial charge in [-0.15, -0.1) is 0 Å². The second kappa shape index (κ2) is 7.03. The van der Waals surface area contributed by atoms with Crippen molar-refractivity contribution in [3.05, 3.63) is 75.4 Å². The summed E-state index contributed by atoms with van der Waals surface area (Å²) in [6, 6.07) is 13.0. The van der Waals surface area contributed by atoms with E-state index < -0.39 is 0 Å². The van der Waals surface area contributed by atoms with Crippen LogP contribution in [0.2, 0.25) is 10.0 Å². The standard InChI is InChI=1S/C20H18Cl2N2OS/c1-20(2)14-6-4-5-7-16(14)24(3)17(20)11-18(26)23-19(25)13-9-8-12(21)10-15(13)22/h4-11H,1-3H3,(H,23,25,26)/b17-11+. The van der Waals surface area contributed by atoms with E-state index in [1.807, 2.05) is 25.3 Å². The number of benzene rings is 2. The van der Waals surface area contributed by atoms with Crippen LogP contribution in [0.4, 0.5) is 5.69 Å². The molecule has 0 bridgehead atoms. The van der Waals surface area contributed by atoms with Crippen LogP contribution < -0.4 is 10.2 Å². The monoisotopic (exact) mass is 404 g/mol. The second-order valence-corrected chi connectivity index (χ2v) is 7.96. The molecule has 0 atom stereocenters. The number of allylic oxidation sites excluding steroid dienone is 1. The molecule has 134 valence electrons. The van der Waals surface area contributed by atoms with Crippen LogP contribution in [-0.2, 0) is 5.41 Å². The number of carbonyl (C=O) groups is 1. The van der Waals surface area contributed by atoms with Crippen LogP contribution in [-0.4, -0.2) is 17.9 Å². The first-order valence-electron chi connectivity index (χ1n) is 8.07. The number of rotatable bonds is 2. The van der Waals surface area contributed by atoms with Crippen molar-refractivity contribution in [3.63, 3.8) is 0 Å². The van der Waals surface area contributed by atoms with E-state index in [2.05, 4.69) is 36.2 Å². The molecule has 3 nitrogen and oxygen atoms in total. The highest BCUT2D eigenvalue weighted by molar-refractivity contribution is 7.80. The minimum atomic E-state index is -0.357. The first-order valence-corrected chi connectivity index (χ1v) is 9.24. The number of para-hydroxylation sites is 1. The lowest BCUT2D eigenvalue weighted by molar-refractivity contribution is 0.0978. The number of hydrogen-bond acceptors (Lipinski definition) is 3. The van der Waals surface area contributed by atoms with Gasteiger partial charge in [0.05, 0.1) is 10.6 Å². The second-order valence-electron chi connectivity index (χ2n) is 6.67. The van der Waals surface area contributed by atoms with Crippen LogP contribution in [0.1, 0.15) is 29.8 Å². The largest absolute Gasteiger partial charge is 0.347 e. The maximum atomic E-state index is 12.5. The zero-order valence-electron chi connectivity index (χ0n) is 14.6. The van der Waals surface area contributed by atoms with Crippen LogP contribution in [0.15, 0.2) is 54.2 Å². The van der Waals surface area contributed by atoms with Gasteiger partial charge in [-0.25, -0.2) is 0 Å². The van der Waals surface area contributed by atoms with Gasteiger partial charge in [0.2, 0.25) is 0 Å². The highest BCUT2D eigenvalue weighted by Crippen LogP contribution is 2.46. The van der Waals surface area contributed by atoms with E-state index in [4.69, 9.17) is 35.4 Å². The number of halogens is 2. The lowest BCUT2D eigenvalue weighted by Crippen LogP contribution is -2.31. The molecule has 3 rings (SSSR count). The third-order valence-corrected chi connectivity index (χ3v) is 5.39. The summed E-state index contributed by atoms with van der Waals surface area (Å²) in [4.78, 5) is 14.9. The number of carbonyl (C=O) groups excluding carboxylic acids is 1. The van der Waals surface area contributed by atoms with Gasteiger partial charge in [0, 0.05) is 28.9 Å². The van der Waals surface area contributed by atoms with Crippen molar-refractivity contribution < 1.29 is 4.79 Å². The molecule has 0 unspecified atom stereocenters. The van der Waals surface area contributed by atoms with E-state index in [1.54, 1.807) is 12.1 Å². The molecule has 1 aliphatic heterocycles. The Bertz CT molecular complexity index is 937. The number of anilines is 1. The quantitative estimate of drug-likeness (QED) is 0.539. The molecule has 1 N–H and O–H groups in total. The molecule has 0 saturated carbocycles. The van der Waals surface area contributed by atoms with E-state index in [0.717, 1.165) is 11.4 Å². The first-order chi connectivity index (χ1) is 12.2. The minimum Gasteiger partial charge on any atom is -0.347 e. The SMILES string of the molecule is CN1/C(=C/C(=S)NC(=O)c2ccc(Cl)cc2Cl)C(C)(C)c2ccccc21. The fraction of sp³-hybridized carbons (Fsp3) is 0.200. The molecule has 0 aliphatic carbocycles. The minimum absolute atomic E-state index is 0.210. The third-order valence-electron chi connectivity index (χ3n) is 4.62. The summed E-state index contributed by atoms with van der Waals surface area (Å²) in [5.74, 6) is -0.357. The molecular weight excluding hydrogens is 387 g/mol. The van der Waals surface area contributed by atoms with Crippen molar-refractivity contribution in [2.75, 3.05) is 11.9 Å². The van der Waals surface area contributed by atoms with Crippen LogP contribution in [0, 0.1) is 0 Å². The number of fused-ring (bicyclic) bond motifs is 1. The Morgan fingerprint density at radius 1 is 1.19 bits per heavy atom. The number of likely N-dealkylation sites (N-methyl/N-ethyl adjacent to an activating group) is 1. The zero-order chi connectivity index (χ0) is 19.1. The maximum absolute atomic E-state index is 12.5. The predicted octanol–water partition coefficient (Wildman–Crippen LogP) is 5.36. The molecule has 6 heteroatoms. The summed E-state index contributed by atoms with van der Waals surface area (Å²) in [6.45, 7) is 4.28. The van der Waals surface area contributed by atoms with Crippen LogP contribution in [0.5, 0.6) is 0 Å². The maximum Gasteiger partial charge on any atom is 0.257 e. The molecule has 2 aromatic carbocycles. The molecule has 0 aromatic heterocycles. The van der Waals surface area contributed by atoms with Gasteiger partial charge in [0.25, 0.3) is 5.91 Å². The number of nitrogens with one attached hydrogen (secondary N) is 1. The highest BCUT2D eigenvalue weighted by Gasteiger charge is 2.38. The molecule has 1 aliphatic rings. The molecular formula is C20H18Cl2N2OS. The smallest absolute Gasteiger partial charge is 0.257 e. The number of hydrogen-bond donors (Lipinski definition) is 1.